The number of nitriles is 1. The highest BCUT2D eigenvalue weighted by Crippen LogP contribution is 2.47. The molecule has 0 bridgehead atoms. The van der Waals surface area contributed by atoms with Gasteiger partial charge in [0.1, 0.15) is 22.3 Å². The van der Waals surface area contributed by atoms with Crippen molar-refractivity contribution in [1.82, 2.24) is 14.5 Å². The van der Waals surface area contributed by atoms with E-state index in [9.17, 15) is 5.26 Å². The van der Waals surface area contributed by atoms with Crippen LogP contribution in [0, 0.1) is 11.3 Å². The second-order valence-electron chi connectivity index (χ2n) is 17.9. The van der Waals surface area contributed by atoms with Gasteiger partial charge >= 0.3 is 0 Å². The molecule has 0 atom stereocenters. The summed E-state index contributed by atoms with van der Waals surface area (Å²) in [5.41, 5.74) is 10.8. The Morgan fingerprint density at radius 1 is 0.391 bits per heavy atom. The lowest BCUT2D eigenvalue weighted by atomic mass is 9.94. The van der Waals surface area contributed by atoms with Crippen LogP contribution in [0.15, 0.2) is 215 Å². The molecular weight excluding hydrogens is 845 g/mol. The van der Waals surface area contributed by atoms with E-state index in [1.54, 1.807) is 0 Å². The minimum atomic E-state index is 0.548. The van der Waals surface area contributed by atoms with Gasteiger partial charge in [-0.05, 0) is 122 Å². The maximum Gasteiger partial charge on any atom is 0.160 e. The van der Waals surface area contributed by atoms with Crippen molar-refractivity contribution in [1.29, 1.82) is 5.26 Å². The van der Waals surface area contributed by atoms with E-state index in [1.165, 1.54) is 0 Å². The van der Waals surface area contributed by atoms with Crippen LogP contribution in [0.3, 0.4) is 0 Å². The van der Waals surface area contributed by atoms with Crippen molar-refractivity contribution in [3.8, 4) is 45.7 Å². The number of hydrogen-bond donors (Lipinski definition) is 0. The Balaban J connectivity index is 1.07. The molecule has 0 saturated heterocycles. The van der Waals surface area contributed by atoms with Crippen LogP contribution in [0.2, 0.25) is 0 Å². The lowest BCUT2D eigenvalue weighted by Crippen LogP contribution is -1.97. The molecule has 0 fully saturated rings. The highest BCUT2D eigenvalue weighted by molar-refractivity contribution is 6.30. The largest absolute Gasteiger partial charge is 0.455 e. The van der Waals surface area contributed by atoms with E-state index < -0.39 is 0 Å². The Kier molecular flexibility index (Phi) is 7.75. The fourth-order valence-corrected chi connectivity index (χ4v) is 11.1. The summed E-state index contributed by atoms with van der Waals surface area (Å²) >= 11 is 0. The molecule has 15 rings (SSSR count). The second kappa shape index (κ2) is 14.2. The van der Waals surface area contributed by atoms with Gasteiger partial charge in [0.2, 0.25) is 0 Å². The predicted molar refractivity (Wildman–Crippen MR) is 282 cm³/mol. The van der Waals surface area contributed by atoms with Gasteiger partial charge in [-0.15, -0.1) is 0 Å². The van der Waals surface area contributed by atoms with Gasteiger partial charge in [-0.25, -0.2) is 9.97 Å². The molecule has 0 amide bonds. The van der Waals surface area contributed by atoms with E-state index in [4.69, 9.17) is 18.8 Å². The highest BCUT2D eigenvalue weighted by atomic mass is 16.3. The minimum absolute atomic E-state index is 0.548. The van der Waals surface area contributed by atoms with Crippen molar-refractivity contribution in [3.05, 3.63) is 212 Å². The third-order valence-electron chi connectivity index (χ3n) is 14.2. The summed E-state index contributed by atoms with van der Waals surface area (Å²) in [5, 5.41) is 25.3. The van der Waals surface area contributed by atoms with Crippen molar-refractivity contribution in [2.45, 2.75) is 0 Å². The van der Waals surface area contributed by atoms with Gasteiger partial charge in [0.25, 0.3) is 0 Å². The average molecular weight is 879 g/mol. The molecule has 0 spiro atoms. The lowest BCUT2D eigenvalue weighted by Gasteiger charge is -2.13. The van der Waals surface area contributed by atoms with E-state index in [2.05, 4.69) is 180 Å². The number of rotatable bonds is 4. The number of fused-ring (bicyclic) bond motifs is 17. The van der Waals surface area contributed by atoms with Gasteiger partial charge in [0.05, 0.1) is 34.1 Å². The first-order valence-electron chi connectivity index (χ1n) is 23.1. The van der Waals surface area contributed by atoms with Crippen LogP contribution in [0.1, 0.15) is 5.56 Å². The third kappa shape index (κ3) is 5.47. The number of aromatic nitrogens is 3. The zero-order chi connectivity index (χ0) is 45.3. The Morgan fingerprint density at radius 2 is 0.870 bits per heavy atom. The summed E-state index contributed by atoms with van der Waals surface area (Å²) in [6, 6.07) is 74.1. The monoisotopic (exact) mass is 878 g/mol. The molecule has 0 unspecified atom stereocenters. The zero-order valence-corrected chi connectivity index (χ0v) is 36.7. The fraction of sp³-hybridized carbons (Fsp3) is 0. The number of nitrogens with zero attached hydrogens (tertiary/aromatic N) is 4. The van der Waals surface area contributed by atoms with Crippen molar-refractivity contribution in [3.63, 3.8) is 0 Å². The minimum Gasteiger partial charge on any atom is -0.455 e. The van der Waals surface area contributed by atoms with Crippen LogP contribution in [0.4, 0.5) is 0 Å². The molecule has 0 radical (unpaired) electrons. The van der Waals surface area contributed by atoms with Gasteiger partial charge in [-0.1, -0.05) is 127 Å². The number of furan rings is 2. The Hall–Kier alpha value is -9.57. The first-order valence-corrected chi connectivity index (χ1v) is 23.1. The first-order chi connectivity index (χ1) is 34.1. The third-order valence-corrected chi connectivity index (χ3v) is 14.2. The van der Waals surface area contributed by atoms with Crippen LogP contribution in [0.25, 0.3) is 148 Å². The van der Waals surface area contributed by atoms with Crippen LogP contribution < -0.4 is 0 Å². The fourth-order valence-electron chi connectivity index (χ4n) is 11.1. The van der Waals surface area contributed by atoms with E-state index in [1.807, 2.05) is 36.4 Å². The smallest absolute Gasteiger partial charge is 0.160 e. The summed E-state index contributed by atoms with van der Waals surface area (Å²) in [6.07, 6.45) is 0. The molecule has 0 aliphatic heterocycles. The summed E-state index contributed by atoms with van der Waals surface area (Å²) in [4.78, 5) is 11.1. The first kappa shape index (κ1) is 37.6. The average Bonchev–Trinajstić information content (AvgIpc) is 4.11. The molecule has 0 aliphatic rings. The molecule has 0 saturated carbocycles. The Labute approximate surface area is 393 Å². The van der Waals surface area contributed by atoms with Crippen LogP contribution in [-0.2, 0) is 0 Å². The molecule has 0 N–H and O–H groups in total. The molecule has 318 valence electrons. The molecule has 6 heteroatoms. The summed E-state index contributed by atoms with van der Waals surface area (Å²) in [6.45, 7) is 0. The van der Waals surface area contributed by atoms with E-state index in [0.29, 0.717) is 11.4 Å². The maximum atomic E-state index is 10.1. The van der Waals surface area contributed by atoms with Crippen molar-refractivity contribution >= 4 is 109 Å². The van der Waals surface area contributed by atoms with Crippen LogP contribution in [0.5, 0.6) is 0 Å². The molecular formula is C63H34N4O2. The second-order valence-corrected chi connectivity index (χ2v) is 17.9. The number of benzene rings is 11. The quantitative estimate of drug-likeness (QED) is 0.176. The van der Waals surface area contributed by atoms with Gasteiger partial charge in [-0.2, -0.15) is 5.26 Å². The van der Waals surface area contributed by atoms with Gasteiger partial charge < -0.3 is 13.4 Å². The number of hydrogen-bond acceptors (Lipinski definition) is 5. The topological polar surface area (TPSA) is 80.8 Å². The van der Waals surface area contributed by atoms with Crippen LogP contribution in [-0.4, -0.2) is 14.5 Å². The standard InChI is InChI=1S/C63H34N4O2/c64-35-36-22-26-53-47(30-36)48-33-41(23-27-54(48)67(53)42-16-2-1-3-17-42)63-65-51(49-31-39-14-6-10-20-45(39)59-57-43-18-8-4-12-37(43)24-28-55(57)68-61(49)59)34-52(66-63)50-32-40-15-7-11-21-46(40)60-58-44-19-9-5-13-38(44)25-29-56(58)69-62(50)60/h1-34H. The molecule has 69 heavy (non-hydrogen) atoms. The van der Waals surface area contributed by atoms with Gasteiger partial charge in [0, 0.05) is 54.7 Å². The SMILES string of the molecule is N#Cc1ccc2c(c1)c1cc(-c3nc(-c4cc5ccccc5c5c4oc4ccc6ccccc6c45)cc(-c4cc5ccccc5c5c4oc4ccc6ccccc6c45)n3)ccc1n2-c1ccccc1. The molecule has 4 aromatic heterocycles. The molecule has 15 aromatic rings. The summed E-state index contributed by atoms with van der Waals surface area (Å²) in [7, 11) is 0. The lowest BCUT2D eigenvalue weighted by molar-refractivity contribution is 0.670. The summed E-state index contributed by atoms with van der Waals surface area (Å²) < 4.78 is 16.3. The Morgan fingerprint density at radius 3 is 1.42 bits per heavy atom. The summed E-state index contributed by atoms with van der Waals surface area (Å²) in [5.74, 6) is 0.548. The Bertz CT molecular complexity index is 4530. The van der Waals surface area contributed by atoms with Crippen LogP contribution >= 0.6 is 0 Å². The molecule has 4 heterocycles. The molecule has 6 nitrogen and oxygen atoms in total. The maximum absolute atomic E-state index is 10.1. The normalized spacial score (nSPS) is 12.0. The number of para-hydroxylation sites is 1. The van der Waals surface area contributed by atoms with Crippen molar-refractivity contribution in [2.75, 3.05) is 0 Å². The van der Waals surface area contributed by atoms with E-state index in [0.717, 1.165) is 143 Å². The zero-order valence-electron chi connectivity index (χ0n) is 36.7. The predicted octanol–water partition coefficient (Wildman–Crippen LogP) is 16.9. The van der Waals surface area contributed by atoms with Crippen molar-refractivity contribution < 1.29 is 8.83 Å². The van der Waals surface area contributed by atoms with E-state index >= 15 is 0 Å². The van der Waals surface area contributed by atoms with Gasteiger partial charge in [0.15, 0.2) is 5.82 Å². The molecule has 0 aliphatic carbocycles. The van der Waals surface area contributed by atoms with Crippen molar-refractivity contribution in [2.24, 2.45) is 0 Å². The molecule has 11 aromatic carbocycles. The van der Waals surface area contributed by atoms with E-state index in [-0.39, 0.29) is 0 Å². The highest BCUT2D eigenvalue weighted by Gasteiger charge is 2.24. The van der Waals surface area contributed by atoms with Gasteiger partial charge in [-0.3, -0.25) is 0 Å².